The summed E-state index contributed by atoms with van der Waals surface area (Å²) in [6.45, 7) is 5.88. The molecule has 0 saturated heterocycles. The Kier molecular flexibility index (Phi) is 7.99. The number of nitrogens with one attached hydrogen (secondary N) is 3. The average molecular weight is 518 g/mol. The zero-order chi connectivity index (χ0) is 26.3. The molecular weight excluding hydrogens is 490 g/mol. The van der Waals surface area contributed by atoms with E-state index in [1.165, 1.54) is 11.3 Å². The number of carbonyl (C=O) groups excluding carboxylic acids is 2. The SMILES string of the molecule is CC(C)(C)OC(=O)Nc1ccccc1NC(=O)c1ccc(CNc2ncc(Oc3cccnc3)s2)cc1. The van der Waals surface area contributed by atoms with Crippen LogP contribution >= 0.6 is 11.3 Å². The number of anilines is 3. The average Bonchev–Trinajstić information content (AvgIpc) is 3.31. The molecule has 37 heavy (non-hydrogen) atoms. The maximum absolute atomic E-state index is 12.8. The highest BCUT2D eigenvalue weighted by Crippen LogP contribution is 2.30. The van der Waals surface area contributed by atoms with Crippen molar-refractivity contribution in [3.05, 3.63) is 90.4 Å². The summed E-state index contributed by atoms with van der Waals surface area (Å²) in [4.78, 5) is 33.3. The second kappa shape index (κ2) is 11.5. The van der Waals surface area contributed by atoms with E-state index in [1.807, 2.05) is 18.2 Å². The molecule has 0 atom stereocenters. The van der Waals surface area contributed by atoms with E-state index >= 15 is 0 Å². The summed E-state index contributed by atoms with van der Waals surface area (Å²) in [5.41, 5.74) is 1.75. The number of rotatable bonds is 8. The number of benzene rings is 2. The number of pyridine rings is 1. The van der Waals surface area contributed by atoms with Gasteiger partial charge in [0.25, 0.3) is 5.91 Å². The van der Waals surface area contributed by atoms with Gasteiger partial charge in [-0.2, -0.15) is 0 Å². The third-order valence-electron chi connectivity index (χ3n) is 4.81. The van der Waals surface area contributed by atoms with E-state index in [9.17, 15) is 9.59 Å². The Bertz CT molecular complexity index is 1350. The second-order valence-corrected chi connectivity index (χ2v) is 9.95. The molecule has 0 saturated carbocycles. The van der Waals surface area contributed by atoms with Crippen LogP contribution in [0.25, 0.3) is 0 Å². The van der Waals surface area contributed by atoms with Crippen molar-refractivity contribution in [3.8, 4) is 10.8 Å². The van der Waals surface area contributed by atoms with E-state index < -0.39 is 11.7 Å². The second-order valence-electron chi connectivity index (χ2n) is 8.95. The highest BCUT2D eigenvalue weighted by atomic mass is 32.1. The van der Waals surface area contributed by atoms with E-state index in [0.717, 1.165) is 10.7 Å². The molecule has 10 heteroatoms. The van der Waals surface area contributed by atoms with Crippen LogP contribution in [0.2, 0.25) is 0 Å². The Labute approximate surface area is 218 Å². The van der Waals surface area contributed by atoms with Crippen LogP contribution in [-0.2, 0) is 11.3 Å². The smallest absolute Gasteiger partial charge is 0.412 e. The van der Waals surface area contributed by atoms with E-state index in [2.05, 4.69) is 25.9 Å². The van der Waals surface area contributed by atoms with Crippen molar-refractivity contribution < 1.29 is 19.1 Å². The molecule has 0 aliphatic rings. The number of ether oxygens (including phenoxy) is 2. The molecule has 0 fully saturated rings. The molecule has 0 radical (unpaired) electrons. The normalized spacial score (nSPS) is 10.9. The molecule has 0 aliphatic heterocycles. The molecule has 0 aliphatic carbocycles. The first kappa shape index (κ1) is 25.6. The Balaban J connectivity index is 1.31. The predicted octanol–water partition coefficient (Wildman–Crippen LogP) is 6.54. The molecule has 2 aromatic heterocycles. The molecule has 0 spiro atoms. The quantitative estimate of drug-likeness (QED) is 0.243. The number of carbonyl (C=O) groups is 2. The van der Waals surface area contributed by atoms with Gasteiger partial charge in [-0.3, -0.25) is 15.1 Å². The highest BCUT2D eigenvalue weighted by Gasteiger charge is 2.18. The van der Waals surface area contributed by atoms with E-state index in [4.69, 9.17) is 9.47 Å². The van der Waals surface area contributed by atoms with E-state index in [1.54, 1.807) is 81.8 Å². The lowest BCUT2D eigenvalue weighted by Crippen LogP contribution is -2.27. The van der Waals surface area contributed by atoms with Crippen LogP contribution in [0.1, 0.15) is 36.7 Å². The van der Waals surface area contributed by atoms with Crippen molar-refractivity contribution in [1.29, 1.82) is 0 Å². The molecule has 2 heterocycles. The van der Waals surface area contributed by atoms with Gasteiger partial charge in [0, 0.05) is 18.3 Å². The first-order valence-electron chi connectivity index (χ1n) is 11.5. The van der Waals surface area contributed by atoms with E-state index in [0.29, 0.717) is 34.3 Å². The molecule has 190 valence electrons. The topological polar surface area (TPSA) is 114 Å². The molecule has 4 aromatic rings. The number of hydrogen-bond donors (Lipinski definition) is 3. The summed E-state index contributed by atoms with van der Waals surface area (Å²) in [7, 11) is 0. The van der Waals surface area contributed by atoms with Crippen LogP contribution in [0.3, 0.4) is 0 Å². The summed E-state index contributed by atoms with van der Waals surface area (Å²) in [6, 6.07) is 17.8. The van der Waals surface area contributed by atoms with Crippen LogP contribution in [-0.4, -0.2) is 27.6 Å². The van der Waals surface area contributed by atoms with Gasteiger partial charge in [-0.05, 0) is 62.7 Å². The van der Waals surface area contributed by atoms with Crippen LogP contribution < -0.4 is 20.7 Å². The number of hydrogen-bond acceptors (Lipinski definition) is 8. The molecule has 3 N–H and O–H groups in total. The maximum atomic E-state index is 12.8. The van der Waals surface area contributed by atoms with Crippen molar-refractivity contribution in [2.24, 2.45) is 0 Å². The van der Waals surface area contributed by atoms with Crippen molar-refractivity contribution in [3.63, 3.8) is 0 Å². The van der Waals surface area contributed by atoms with Gasteiger partial charge in [-0.1, -0.05) is 35.6 Å². The van der Waals surface area contributed by atoms with Crippen molar-refractivity contribution in [2.45, 2.75) is 32.9 Å². The number of nitrogens with zero attached hydrogens (tertiary/aromatic N) is 2. The monoisotopic (exact) mass is 517 g/mol. The summed E-state index contributed by atoms with van der Waals surface area (Å²) in [6.07, 6.45) is 4.38. The molecule has 2 amide bonds. The molecule has 4 rings (SSSR count). The van der Waals surface area contributed by atoms with Gasteiger partial charge in [-0.25, -0.2) is 9.78 Å². The number of amides is 2. The molecule has 0 unspecified atom stereocenters. The number of para-hydroxylation sites is 2. The summed E-state index contributed by atoms with van der Waals surface area (Å²) in [5.74, 6) is 0.352. The highest BCUT2D eigenvalue weighted by molar-refractivity contribution is 7.17. The Morgan fingerprint density at radius 3 is 2.32 bits per heavy atom. The largest absolute Gasteiger partial charge is 0.444 e. The summed E-state index contributed by atoms with van der Waals surface area (Å²) < 4.78 is 11.0. The molecule has 9 nitrogen and oxygen atoms in total. The van der Waals surface area contributed by atoms with Gasteiger partial charge in [0.05, 0.1) is 23.8 Å². The van der Waals surface area contributed by atoms with Gasteiger partial charge in [0.15, 0.2) is 5.13 Å². The minimum atomic E-state index is -0.631. The summed E-state index contributed by atoms with van der Waals surface area (Å²) in [5, 5.41) is 10.2. The van der Waals surface area contributed by atoms with Crippen LogP contribution in [0, 0.1) is 0 Å². The van der Waals surface area contributed by atoms with Gasteiger partial charge >= 0.3 is 6.09 Å². The lowest BCUT2D eigenvalue weighted by atomic mass is 10.1. The third kappa shape index (κ3) is 7.77. The number of thiazole rings is 1. The van der Waals surface area contributed by atoms with Crippen molar-refractivity contribution >= 4 is 39.8 Å². The standard InChI is InChI=1S/C27H27N5O4S/c1-27(2,3)36-26(34)32-22-9-5-4-8-21(22)31-24(33)19-12-10-18(11-13-19)15-29-25-30-17-23(37-25)35-20-7-6-14-28-16-20/h4-14,16-17H,15H2,1-3H3,(H,29,30)(H,31,33)(H,32,34). The predicted molar refractivity (Wildman–Crippen MR) is 144 cm³/mol. The third-order valence-corrected chi connectivity index (χ3v) is 5.64. The van der Waals surface area contributed by atoms with Gasteiger partial charge in [0.2, 0.25) is 5.06 Å². The van der Waals surface area contributed by atoms with Crippen molar-refractivity contribution in [2.75, 3.05) is 16.0 Å². The first-order chi connectivity index (χ1) is 17.7. The fourth-order valence-electron chi connectivity index (χ4n) is 3.17. The number of aromatic nitrogens is 2. The van der Waals surface area contributed by atoms with Crippen molar-refractivity contribution in [1.82, 2.24) is 9.97 Å². The maximum Gasteiger partial charge on any atom is 0.412 e. The molecule has 0 bridgehead atoms. The fraction of sp³-hybridized carbons (Fsp3) is 0.185. The Morgan fingerprint density at radius 1 is 0.919 bits per heavy atom. The van der Waals surface area contributed by atoms with E-state index in [-0.39, 0.29) is 5.91 Å². The lowest BCUT2D eigenvalue weighted by molar-refractivity contribution is 0.0635. The van der Waals surface area contributed by atoms with Crippen LogP contribution in [0.5, 0.6) is 10.8 Å². The first-order valence-corrected chi connectivity index (χ1v) is 12.3. The fourth-order valence-corrected chi connectivity index (χ4v) is 3.86. The van der Waals surface area contributed by atoms with Gasteiger partial charge in [-0.15, -0.1) is 0 Å². The summed E-state index contributed by atoms with van der Waals surface area (Å²) >= 11 is 1.39. The minimum absolute atomic E-state index is 0.296. The Morgan fingerprint density at radius 2 is 1.65 bits per heavy atom. The minimum Gasteiger partial charge on any atom is -0.444 e. The lowest BCUT2D eigenvalue weighted by Gasteiger charge is -2.20. The zero-order valence-electron chi connectivity index (χ0n) is 20.6. The van der Waals surface area contributed by atoms with Gasteiger partial charge in [0.1, 0.15) is 11.4 Å². The molecular formula is C27H27N5O4S. The molecule has 2 aromatic carbocycles. The van der Waals surface area contributed by atoms with Crippen LogP contribution in [0.4, 0.5) is 21.3 Å². The zero-order valence-corrected chi connectivity index (χ0v) is 21.5. The Hall–Kier alpha value is -4.44. The van der Waals surface area contributed by atoms with Crippen LogP contribution in [0.15, 0.2) is 79.3 Å². The van der Waals surface area contributed by atoms with Gasteiger partial charge < -0.3 is 20.1 Å².